The van der Waals surface area contributed by atoms with Crippen molar-refractivity contribution in [3.63, 3.8) is 0 Å². The van der Waals surface area contributed by atoms with Crippen LogP contribution in [0.5, 0.6) is 0 Å². The summed E-state index contributed by atoms with van der Waals surface area (Å²) in [6.07, 6.45) is 0. The molecule has 0 amide bonds. The van der Waals surface area contributed by atoms with Gasteiger partial charge in [0.2, 0.25) is 0 Å². The van der Waals surface area contributed by atoms with Crippen LogP contribution in [0.4, 0.5) is 0 Å². The molecule has 4 heteroatoms. The van der Waals surface area contributed by atoms with Crippen LogP contribution in [0.15, 0.2) is 18.2 Å². The van der Waals surface area contributed by atoms with Crippen molar-refractivity contribution in [1.82, 2.24) is 0 Å². The highest BCUT2D eigenvalue weighted by atomic mass is 16.5. The van der Waals surface area contributed by atoms with Gasteiger partial charge in [-0.1, -0.05) is 33.8 Å². The van der Waals surface area contributed by atoms with Crippen LogP contribution in [0.3, 0.4) is 0 Å². The Morgan fingerprint density at radius 3 is 2.00 bits per heavy atom. The number of carbonyl (C=O) groups excluding carboxylic acids is 2. The van der Waals surface area contributed by atoms with E-state index in [2.05, 4.69) is 6.07 Å². The maximum absolute atomic E-state index is 12.0. The van der Waals surface area contributed by atoms with Crippen molar-refractivity contribution in [1.29, 1.82) is 0 Å². The van der Waals surface area contributed by atoms with Gasteiger partial charge in [0.25, 0.3) is 0 Å². The maximum atomic E-state index is 12.0. The Balaban J connectivity index is 2.82. The van der Waals surface area contributed by atoms with Crippen molar-refractivity contribution in [2.24, 2.45) is 11.8 Å². The van der Waals surface area contributed by atoms with Gasteiger partial charge < -0.3 is 9.47 Å². The summed E-state index contributed by atoms with van der Waals surface area (Å²) < 4.78 is 10.3. The fraction of sp³-hybridized carbons (Fsp3) is 0.500. The minimum Gasteiger partial charge on any atom is -0.462 e. The van der Waals surface area contributed by atoms with E-state index in [9.17, 15) is 9.59 Å². The van der Waals surface area contributed by atoms with Gasteiger partial charge in [-0.05, 0) is 30.0 Å². The van der Waals surface area contributed by atoms with Crippen molar-refractivity contribution < 1.29 is 19.1 Å². The van der Waals surface area contributed by atoms with E-state index in [1.807, 2.05) is 27.7 Å². The monoisotopic (exact) mass is 277 g/mol. The summed E-state index contributed by atoms with van der Waals surface area (Å²) in [5.41, 5.74) is 0.417. The Kier molecular flexibility index (Phi) is 6.22. The molecule has 109 valence electrons. The Labute approximate surface area is 120 Å². The third kappa shape index (κ3) is 5.03. The van der Waals surface area contributed by atoms with Crippen LogP contribution in [0.25, 0.3) is 0 Å². The van der Waals surface area contributed by atoms with E-state index in [1.54, 1.807) is 6.07 Å². The van der Waals surface area contributed by atoms with E-state index in [-0.39, 0.29) is 23.0 Å². The van der Waals surface area contributed by atoms with Gasteiger partial charge >= 0.3 is 11.9 Å². The lowest BCUT2D eigenvalue weighted by molar-refractivity contribution is 0.0412. The van der Waals surface area contributed by atoms with Crippen molar-refractivity contribution in [2.45, 2.75) is 27.7 Å². The zero-order valence-electron chi connectivity index (χ0n) is 12.4. The Morgan fingerprint density at radius 2 is 1.50 bits per heavy atom. The smallest absolute Gasteiger partial charge is 0.339 e. The molecule has 0 fully saturated rings. The second-order valence-electron chi connectivity index (χ2n) is 5.46. The fourth-order valence-corrected chi connectivity index (χ4v) is 1.42. The second kappa shape index (κ2) is 7.68. The second-order valence-corrected chi connectivity index (χ2v) is 5.46. The van der Waals surface area contributed by atoms with Crippen LogP contribution >= 0.6 is 0 Å². The van der Waals surface area contributed by atoms with E-state index in [1.165, 1.54) is 12.1 Å². The normalized spacial score (nSPS) is 10.7. The molecule has 0 unspecified atom stereocenters. The molecule has 0 aliphatic carbocycles. The standard InChI is InChI=1S/C16H21O4/c1-11(2)9-19-15(17)13-7-5-6-8-14(13)16(18)20-10-12(3)4/h5,7-8,11-12H,9-10H2,1-4H3. The summed E-state index contributed by atoms with van der Waals surface area (Å²) >= 11 is 0. The predicted molar refractivity (Wildman–Crippen MR) is 75.5 cm³/mol. The number of hydrogen-bond acceptors (Lipinski definition) is 4. The number of ether oxygens (including phenoxy) is 2. The molecule has 0 atom stereocenters. The maximum Gasteiger partial charge on any atom is 0.339 e. The molecule has 0 spiro atoms. The van der Waals surface area contributed by atoms with Gasteiger partial charge in [0.15, 0.2) is 0 Å². The lowest BCUT2D eigenvalue weighted by atomic mass is 10.1. The predicted octanol–water partition coefficient (Wildman–Crippen LogP) is 3.11. The summed E-state index contributed by atoms with van der Waals surface area (Å²) in [6.45, 7) is 8.42. The molecule has 1 rings (SSSR count). The van der Waals surface area contributed by atoms with Crippen LogP contribution in [-0.2, 0) is 9.47 Å². The van der Waals surface area contributed by atoms with Crippen molar-refractivity contribution in [2.75, 3.05) is 13.2 Å². The van der Waals surface area contributed by atoms with Crippen LogP contribution in [0.1, 0.15) is 48.4 Å². The minimum absolute atomic E-state index is 0.196. The fourth-order valence-electron chi connectivity index (χ4n) is 1.42. The topological polar surface area (TPSA) is 52.6 Å². The van der Waals surface area contributed by atoms with E-state index >= 15 is 0 Å². The van der Waals surface area contributed by atoms with Crippen LogP contribution in [-0.4, -0.2) is 25.2 Å². The van der Waals surface area contributed by atoms with Gasteiger partial charge in [-0.25, -0.2) is 9.59 Å². The minimum atomic E-state index is -0.521. The molecule has 0 N–H and O–H groups in total. The van der Waals surface area contributed by atoms with Gasteiger partial charge in [0, 0.05) is 0 Å². The van der Waals surface area contributed by atoms with Crippen LogP contribution in [0.2, 0.25) is 0 Å². The molecule has 4 nitrogen and oxygen atoms in total. The summed E-state index contributed by atoms with van der Waals surface area (Å²) in [5.74, 6) is -0.551. The largest absolute Gasteiger partial charge is 0.462 e. The molecule has 1 radical (unpaired) electrons. The van der Waals surface area contributed by atoms with E-state index in [0.717, 1.165) is 0 Å². The Morgan fingerprint density at radius 1 is 1.00 bits per heavy atom. The molecule has 0 heterocycles. The van der Waals surface area contributed by atoms with Crippen LogP contribution in [0, 0.1) is 17.9 Å². The molecular weight excluding hydrogens is 256 g/mol. The molecular formula is C16H21O4. The first-order valence-electron chi connectivity index (χ1n) is 6.76. The van der Waals surface area contributed by atoms with E-state index in [4.69, 9.17) is 9.47 Å². The summed E-state index contributed by atoms with van der Waals surface area (Å²) in [4.78, 5) is 23.9. The lowest BCUT2D eigenvalue weighted by Crippen LogP contribution is -2.17. The molecule has 0 aliphatic heterocycles. The number of carbonyl (C=O) groups is 2. The van der Waals surface area contributed by atoms with Gasteiger partial charge in [-0.15, -0.1) is 0 Å². The summed E-state index contributed by atoms with van der Waals surface area (Å²) in [5, 5.41) is 0. The van der Waals surface area contributed by atoms with E-state index < -0.39 is 11.9 Å². The van der Waals surface area contributed by atoms with Crippen molar-refractivity contribution in [3.8, 4) is 0 Å². The average Bonchev–Trinajstić information content (AvgIpc) is 2.42. The van der Waals surface area contributed by atoms with Crippen molar-refractivity contribution >= 4 is 11.9 Å². The summed E-state index contributed by atoms with van der Waals surface area (Å²) in [7, 11) is 0. The zero-order valence-corrected chi connectivity index (χ0v) is 12.4. The first-order valence-corrected chi connectivity index (χ1v) is 6.76. The van der Waals surface area contributed by atoms with Gasteiger partial charge in [-0.2, -0.15) is 0 Å². The number of esters is 2. The van der Waals surface area contributed by atoms with Gasteiger partial charge in [-0.3, -0.25) is 0 Å². The quantitative estimate of drug-likeness (QED) is 0.750. The highest BCUT2D eigenvalue weighted by molar-refractivity contribution is 6.03. The Bertz CT molecular complexity index is 420. The molecule has 0 saturated carbocycles. The number of hydrogen-bond donors (Lipinski definition) is 0. The SMILES string of the molecule is CC(C)COC(=O)c1c[c]ccc1C(=O)OCC(C)C. The van der Waals surface area contributed by atoms with Crippen LogP contribution < -0.4 is 0 Å². The molecule has 1 aromatic rings. The molecule has 0 bridgehead atoms. The molecule has 20 heavy (non-hydrogen) atoms. The molecule has 0 aliphatic rings. The lowest BCUT2D eigenvalue weighted by Gasteiger charge is -2.11. The van der Waals surface area contributed by atoms with Gasteiger partial charge in [0.1, 0.15) is 0 Å². The highest BCUT2D eigenvalue weighted by Gasteiger charge is 2.19. The summed E-state index contributed by atoms with van der Waals surface area (Å²) in [6, 6.07) is 7.33. The highest BCUT2D eigenvalue weighted by Crippen LogP contribution is 2.13. The first-order chi connectivity index (χ1) is 9.41. The molecule has 0 aromatic heterocycles. The third-order valence-electron chi connectivity index (χ3n) is 2.40. The Hall–Kier alpha value is -1.84. The zero-order chi connectivity index (χ0) is 15.1. The number of benzene rings is 1. The average molecular weight is 277 g/mol. The van der Waals surface area contributed by atoms with E-state index in [0.29, 0.717) is 13.2 Å². The molecule has 0 saturated heterocycles. The van der Waals surface area contributed by atoms with Gasteiger partial charge in [0.05, 0.1) is 24.3 Å². The third-order valence-corrected chi connectivity index (χ3v) is 2.40. The molecule has 1 aromatic carbocycles. The number of rotatable bonds is 6. The van der Waals surface area contributed by atoms with Crippen molar-refractivity contribution in [3.05, 3.63) is 35.4 Å². The first kappa shape index (κ1) is 16.2.